The van der Waals surface area contributed by atoms with Crippen molar-refractivity contribution < 1.29 is 9.53 Å². The van der Waals surface area contributed by atoms with Crippen molar-refractivity contribution in [3.05, 3.63) is 35.9 Å². The lowest BCUT2D eigenvalue weighted by Crippen LogP contribution is -2.41. The molecule has 0 atom stereocenters. The predicted octanol–water partition coefficient (Wildman–Crippen LogP) is 1.46. The molecule has 0 bridgehead atoms. The number of ether oxygens (including phenoxy) is 1. The van der Waals surface area contributed by atoms with Crippen molar-refractivity contribution in [1.29, 1.82) is 0 Å². The van der Waals surface area contributed by atoms with Gasteiger partial charge in [0.2, 0.25) is 5.91 Å². The maximum Gasteiger partial charge on any atom is 0.224 e. The van der Waals surface area contributed by atoms with E-state index in [9.17, 15) is 4.79 Å². The molecular weight excluding hydrogens is 252 g/mol. The molecule has 1 aromatic rings. The Morgan fingerprint density at radius 1 is 1.15 bits per heavy atom. The minimum absolute atomic E-state index is 0.240. The van der Waals surface area contributed by atoms with Gasteiger partial charge in [-0.1, -0.05) is 30.3 Å². The first-order valence-corrected chi connectivity index (χ1v) is 7.46. The molecule has 1 aromatic carbocycles. The molecule has 1 N–H and O–H groups in total. The second kappa shape index (κ2) is 8.72. The molecular formula is C16H24N2O2. The van der Waals surface area contributed by atoms with E-state index in [2.05, 4.69) is 29.6 Å². The van der Waals surface area contributed by atoms with Crippen LogP contribution in [0.1, 0.15) is 18.4 Å². The van der Waals surface area contributed by atoms with Crippen LogP contribution in [0.15, 0.2) is 30.3 Å². The molecule has 0 radical (unpaired) electrons. The molecule has 0 spiro atoms. The first kappa shape index (κ1) is 15.0. The second-order valence-corrected chi connectivity index (χ2v) is 5.08. The van der Waals surface area contributed by atoms with E-state index in [0.29, 0.717) is 19.6 Å². The van der Waals surface area contributed by atoms with Crippen LogP contribution >= 0.6 is 0 Å². The van der Waals surface area contributed by atoms with Crippen LogP contribution < -0.4 is 5.32 Å². The van der Waals surface area contributed by atoms with E-state index < -0.39 is 0 Å². The zero-order valence-electron chi connectivity index (χ0n) is 12.0. The van der Waals surface area contributed by atoms with Crippen LogP contribution in [0.5, 0.6) is 0 Å². The third kappa shape index (κ3) is 5.31. The van der Waals surface area contributed by atoms with Gasteiger partial charge in [-0.2, -0.15) is 0 Å². The second-order valence-electron chi connectivity index (χ2n) is 5.08. The van der Waals surface area contributed by atoms with Crippen molar-refractivity contribution in [2.24, 2.45) is 0 Å². The first-order chi connectivity index (χ1) is 9.86. The molecule has 20 heavy (non-hydrogen) atoms. The standard InChI is InChI=1S/C16H24N2O2/c19-16(18-11-13-20-14-12-18)8-10-17-9-4-7-15-5-2-1-3-6-15/h1-3,5-6,17H,4,7-14H2. The summed E-state index contributed by atoms with van der Waals surface area (Å²) in [5.74, 6) is 0.240. The number of aryl methyl sites for hydroxylation is 1. The van der Waals surface area contributed by atoms with Gasteiger partial charge in [-0.15, -0.1) is 0 Å². The van der Waals surface area contributed by atoms with Crippen molar-refractivity contribution in [3.8, 4) is 0 Å². The number of nitrogens with zero attached hydrogens (tertiary/aromatic N) is 1. The molecule has 4 nitrogen and oxygen atoms in total. The average Bonchev–Trinajstić information content (AvgIpc) is 2.52. The van der Waals surface area contributed by atoms with E-state index in [1.807, 2.05) is 11.0 Å². The number of benzene rings is 1. The largest absolute Gasteiger partial charge is 0.378 e. The molecule has 1 fully saturated rings. The van der Waals surface area contributed by atoms with Gasteiger partial charge < -0.3 is 15.0 Å². The molecule has 0 unspecified atom stereocenters. The molecule has 1 saturated heterocycles. The zero-order valence-corrected chi connectivity index (χ0v) is 12.0. The highest BCUT2D eigenvalue weighted by atomic mass is 16.5. The summed E-state index contributed by atoms with van der Waals surface area (Å²) in [7, 11) is 0. The van der Waals surface area contributed by atoms with Gasteiger partial charge in [0.05, 0.1) is 13.2 Å². The lowest BCUT2D eigenvalue weighted by atomic mass is 10.1. The first-order valence-electron chi connectivity index (χ1n) is 7.46. The van der Waals surface area contributed by atoms with Gasteiger partial charge in [0.25, 0.3) is 0 Å². The molecule has 4 heteroatoms. The van der Waals surface area contributed by atoms with Gasteiger partial charge in [-0.25, -0.2) is 0 Å². The molecule has 0 aromatic heterocycles. The van der Waals surface area contributed by atoms with Crippen LogP contribution in [-0.2, 0) is 16.0 Å². The quantitative estimate of drug-likeness (QED) is 0.767. The average molecular weight is 276 g/mol. The molecule has 1 heterocycles. The Bertz CT molecular complexity index is 389. The van der Waals surface area contributed by atoms with Crippen molar-refractivity contribution in [1.82, 2.24) is 10.2 Å². The van der Waals surface area contributed by atoms with Crippen LogP contribution in [0.2, 0.25) is 0 Å². The third-order valence-corrected chi connectivity index (χ3v) is 3.54. The number of carbonyl (C=O) groups excluding carboxylic acids is 1. The number of rotatable bonds is 7. The maximum absolute atomic E-state index is 11.9. The van der Waals surface area contributed by atoms with Gasteiger partial charge in [-0.05, 0) is 24.9 Å². The minimum Gasteiger partial charge on any atom is -0.378 e. The van der Waals surface area contributed by atoms with E-state index >= 15 is 0 Å². The number of hydrogen-bond acceptors (Lipinski definition) is 3. The van der Waals surface area contributed by atoms with Crippen LogP contribution in [0.3, 0.4) is 0 Å². The molecule has 0 saturated carbocycles. The van der Waals surface area contributed by atoms with Crippen LogP contribution in [-0.4, -0.2) is 50.2 Å². The van der Waals surface area contributed by atoms with Crippen LogP contribution in [0, 0.1) is 0 Å². The summed E-state index contributed by atoms with van der Waals surface area (Å²) < 4.78 is 5.24. The van der Waals surface area contributed by atoms with Crippen molar-refractivity contribution in [2.75, 3.05) is 39.4 Å². The van der Waals surface area contributed by atoms with Crippen molar-refractivity contribution in [3.63, 3.8) is 0 Å². The van der Waals surface area contributed by atoms with E-state index in [1.54, 1.807) is 0 Å². The lowest BCUT2D eigenvalue weighted by molar-refractivity contribution is -0.135. The normalized spacial score (nSPS) is 15.3. The number of morpholine rings is 1. The van der Waals surface area contributed by atoms with Gasteiger partial charge >= 0.3 is 0 Å². The summed E-state index contributed by atoms with van der Waals surface area (Å²) in [6.45, 7) is 4.57. The van der Waals surface area contributed by atoms with Gasteiger partial charge in [0.15, 0.2) is 0 Å². The van der Waals surface area contributed by atoms with Crippen molar-refractivity contribution in [2.45, 2.75) is 19.3 Å². The summed E-state index contributed by atoms with van der Waals surface area (Å²) >= 11 is 0. The number of carbonyl (C=O) groups is 1. The number of nitrogens with one attached hydrogen (secondary N) is 1. The Balaban J connectivity index is 1.50. The number of amides is 1. The molecule has 1 aliphatic heterocycles. The summed E-state index contributed by atoms with van der Waals surface area (Å²) in [6, 6.07) is 10.5. The molecule has 110 valence electrons. The van der Waals surface area contributed by atoms with Gasteiger partial charge in [0, 0.05) is 26.1 Å². The van der Waals surface area contributed by atoms with Crippen LogP contribution in [0.4, 0.5) is 0 Å². The topological polar surface area (TPSA) is 41.6 Å². The predicted molar refractivity (Wildman–Crippen MR) is 79.6 cm³/mol. The molecule has 0 aliphatic carbocycles. The van der Waals surface area contributed by atoms with E-state index in [4.69, 9.17) is 4.74 Å². The Labute approximate surface area is 121 Å². The maximum atomic E-state index is 11.9. The van der Waals surface area contributed by atoms with Crippen LogP contribution in [0.25, 0.3) is 0 Å². The highest BCUT2D eigenvalue weighted by Gasteiger charge is 2.15. The minimum atomic E-state index is 0.240. The lowest BCUT2D eigenvalue weighted by Gasteiger charge is -2.26. The third-order valence-electron chi connectivity index (χ3n) is 3.54. The Morgan fingerprint density at radius 3 is 2.65 bits per heavy atom. The summed E-state index contributed by atoms with van der Waals surface area (Å²) in [5.41, 5.74) is 1.37. The monoisotopic (exact) mass is 276 g/mol. The Kier molecular flexibility index (Phi) is 6.54. The van der Waals surface area contributed by atoms with E-state index in [0.717, 1.165) is 39.0 Å². The number of hydrogen-bond donors (Lipinski definition) is 1. The highest BCUT2D eigenvalue weighted by molar-refractivity contribution is 5.76. The van der Waals surface area contributed by atoms with Gasteiger partial charge in [0.1, 0.15) is 0 Å². The van der Waals surface area contributed by atoms with Gasteiger partial charge in [-0.3, -0.25) is 4.79 Å². The summed E-state index contributed by atoms with van der Waals surface area (Å²) in [4.78, 5) is 13.8. The fourth-order valence-corrected chi connectivity index (χ4v) is 2.35. The summed E-state index contributed by atoms with van der Waals surface area (Å²) in [5, 5.41) is 3.35. The fraction of sp³-hybridized carbons (Fsp3) is 0.562. The van der Waals surface area contributed by atoms with E-state index in [1.165, 1.54) is 5.56 Å². The highest BCUT2D eigenvalue weighted by Crippen LogP contribution is 2.02. The Hall–Kier alpha value is -1.39. The smallest absolute Gasteiger partial charge is 0.224 e. The van der Waals surface area contributed by atoms with Crippen molar-refractivity contribution >= 4 is 5.91 Å². The van der Waals surface area contributed by atoms with E-state index in [-0.39, 0.29) is 5.91 Å². The SMILES string of the molecule is O=C(CCNCCCc1ccccc1)N1CCOCC1. The molecule has 1 aliphatic rings. The zero-order chi connectivity index (χ0) is 14.0. The Morgan fingerprint density at radius 2 is 1.90 bits per heavy atom. The molecule has 2 rings (SSSR count). The summed E-state index contributed by atoms with van der Waals surface area (Å²) in [6.07, 6.45) is 2.78. The fourth-order valence-electron chi connectivity index (χ4n) is 2.35. The molecule has 1 amide bonds.